The van der Waals surface area contributed by atoms with Gasteiger partial charge in [0, 0.05) is 13.2 Å². The average molecular weight is 213 g/mol. The Bertz CT molecular complexity index is 269. The predicted octanol–water partition coefficient (Wildman–Crippen LogP) is -0.466. The van der Waals surface area contributed by atoms with Crippen LogP contribution in [0.25, 0.3) is 0 Å². The maximum Gasteiger partial charge on any atom is 0.255 e. The van der Waals surface area contributed by atoms with E-state index in [9.17, 15) is 9.59 Å². The molecule has 2 amide bonds. The fourth-order valence-electron chi connectivity index (χ4n) is 1.93. The number of aliphatic hydroxyl groups excluding tert-OH is 1. The largest absolute Gasteiger partial charge is 0.396 e. The van der Waals surface area contributed by atoms with E-state index in [0.717, 1.165) is 12.8 Å². The van der Waals surface area contributed by atoms with E-state index < -0.39 is 0 Å². The molecule has 0 aromatic rings. The van der Waals surface area contributed by atoms with Gasteiger partial charge in [-0.3, -0.25) is 14.5 Å². The minimum absolute atomic E-state index is 0.000937. The van der Waals surface area contributed by atoms with Crippen molar-refractivity contribution in [3.05, 3.63) is 0 Å². The Kier molecular flexibility index (Phi) is 2.75. The summed E-state index contributed by atoms with van der Waals surface area (Å²) in [6.07, 6.45) is 2.65. The molecule has 0 atom stereocenters. The first-order valence-electron chi connectivity index (χ1n) is 5.19. The highest BCUT2D eigenvalue weighted by atomic mass is 16.5. The fourth-order valence-corrected chi connectivity index (χ4v) is 1.93. The lowest BCUT2D eigenvalue weighted by atomic mass is 10.0. The molecule has 0 aromatic heterocycles. The highest BCUT2D eigenvalue weighted by Crippen LogP contribution is 2.49. The molecule has 2 aliphatic rings. The first-order valence-corrected chi connectivity index (χ1v) is 5.19. The van der Waals surface area contributed by atoms with Crippen molar-refractivity contribution in [3.8, 4) is 0 Å². The number of nitrogens with zero attached hydrogens (tertiary/aromatic N) is 1. The van der Waals surface area contributed by atoms with Crippen molar-refractivity contribution in [3.63, 3.8) is 0 Å². The van der Waals surface area contributed by atoms with E-state index in [1.807, 2.05) is 0 Å². The number of rotatable bonds is 4. The number of hydrogen-bond acceptors (Lipinski definition) is 4. The molecule has 0 bridgehead atoms. The second-order valence-corrected chi connectivity index (χ2v) is 4.34. The molecule has 5 nitrogen and oxygen atoms in total. The van der Waals surface area contributed by atoms with Crippen LogP contribution in [0.5, 0.6) is 0 Å². The molecule has 0 radical (unpaired) electrons. The highest BCUT2D eigenvalue weighted by Gasteiger charge is 2.45. The summed E-state index contributed by atoms with van der Waals surface area (Å²) >= 11 is 0. The van der Waals surface area contributed by atoms with Gasteiger partial charge in [-0.1, -0.05) is 0 Å². The maximum absolute atomic E-state index is 11.4. The number of aliphatic hydroxyl groups is 1. The van der Waals surface area contributed by atoms with Crippen LogP contribution < -0.4 is 0 Å². The Morgan fingerprint density at radius 2 is 1.87 bits per heavy atom. The summed E-state index contributed by atoms with van der Waals surface area (Å²) in [4.78, 5) is 24.1. The summed E-state index contributed by atoms with van der Waals surface area (Å²) in [7, 11) is 0. The van der Waals surface area contributed by atoms with Gasteiger partial charge in [0.2, 0.25) is 0 Å². The molecular weight excluding hydrogens is 198 g/mol. The summed E-state index contributed by atoms with van der Waals surface area (Å²) in [6, 6.07) is 0. The molecule has 1 aliphatic heterocycles. The van der Waals surface area contributed by atoms with Crippen molar-refractivity contribution in [2.45, 2.75) is 19.3 Å². The zero-order valence-corrected chi connectivity index (χ0v) is 8.57. The van der Waals surface area contributed by atoms with Gasteiger partial charge >= 0.3 is 0 Å². The predicted molar refractivity (Wildman–Crippen MR) is 50.9 cm³/mol. The SMILES string of the molecule is O=C1COCC(=O)N1CC1(CCO)CC1. The molecule has 1 saturated heterocycles. The van der Waals surface area contributed by atoms with E-state index in [1.165, 1.54) is 4.90 Å². The third kappa shape index (κ3) is 2.18. The van der Waals surface area contributed by atoms with E-state index in [4.69, 9.17) is 9.84 Å². The number of carbonyl (C=O) groups excluding carboxylic acids is 2. The second kappa shape index (κ2) is 3.90. The number of morpholine rings is 1. The normalized spacial score (nSPS) is 24.5. The fraction of sp³-hybridized carbons (Fsp3) is 0.800. The van der Waals surface area contributed by atoms with Crippen molar-refractivity contribution in [1.29, 1.82) is 0 Å². The molecule has 5 heteroatoms. The topological polar surface area (TPSA) is 66.8 Å². The van der Waals surface area contributed by atoms with E-state index in [0.29, 0.717) is 13.0 Å². The number of imide groups is 1. The van der Waals surface area contributed by atoms with Gasteiger partial charge in [0.25, 0.3) is 11.8 Å². The van der Waals surface area contributed by atoms with Crippen LogP contribution in [0.1, 0.15) is 19.3 Å². The molecule has 0 aromatic carbocycles. The van der Waals surface area contributed by atoms with Gasteiger partial charge in [0.15, 0.2) is 0 Å². The van der Waals surface area contributed by atoms with E-state index in [-0.39, 0.29) is 37.0 Å². The Hall–Kier alpha value is -0.940. The van der Waals surface area contributed by atoms with Crippen molar-refractivity contribution >= 4 is 11.8 Å². The molecule has 15 heavy (non-hydrogen) atoms. The van der Waals surface area contributed by atoms with Crippen LogP contribution in [0, 0.1) is 5.41 Å². The zero-order chi connectivity index (χ0) is 10.9. The quantitative estimate of drug-likeness (QED) is 0.641. The first-order chi connectivity index (χ1) is 7.17. The minimum Gasteiger partial charge on any atom is -0.396 e. The lowest BCUT2D eigenvalue weighted by Gasteiger charge is -2.28. The summed E-state index contributed by atoms with van der Waals surface area (Å²) in [5.41, 5.74) is -0.00257. The number of amides is 2. The average Bonchev–Trinajstić information content (AvgIpc) is 2.93. The lowest BCUT2D eigenvalue weighted by molar-refractivity contribution is -0.159. The molecule has 0 spiro atoms. The standard InChI is InChI=1S/C10H15NO4/c12-4-3-10(1-2-10)7-11-8(13)5-15-6-9(11)14/h12H,1-7H2. The second-order valence-electron chi connectivity index (χ2n) is 4.34. The first kappa shape index (κ1) is 10.6. The van der Waals surface area contributed by atoms with Crippen molar-refractivity contribution in [2.75, 3.05) is 26.4 Å². The third-order valence-corrected chi connectivity index (χ3v) is 3.15. The van der Waals surface area contributed by atoms with Crippen LogP contribution in [-0.4, -0.2) is 48.2 Å². The van der Waals surface area contributed by atoms with Gasteiger partial charge in [-0.15, -0.1) is 0 Å². The molecule has 1 heterocycles. The molecule has 1 aliphatic carbocycles. The molecule has 84 valence electrons. The molecular formula is C10H15NO4. The summed E-state index contributed by atoms with van der Waals surface area (Å²) in [6.45, 7) is 0.573. The Morgan fingerprint density at radius 1 is 1.27 bits per heavy atom. The van der Waals surface area contributed by atoms with Crippen LogP contribution in [0.2, 0.25) is 0 Å². The van der Waals surface area contributed by atoms with Gasteiger partial charge in [0.1, 0.15) is 13.2 Å². The molecule has 2 rings (SSSR count). The smallest absolute Gasteiger partial charge is 0.255 e. The molecule has 2 fully saturated rings. The highest BCUT2D eigenvalue weighted by molar-refractivity contribution is 5.98. The number of carbonyl (C=O) groups is 2. The van der Waals surface area contributed by atoms with Crippen LogP contribution in [0.4, 0.5) is 0 Å². The molecule has 1 saturated carbocycles. The van der Waals surface area contributed by atoms with E-state index in [2.05, 4.69) is 0 Å². The van der Waals surface area contributed by atoms with Crippen LogP contribution in [-0.2, 0) is 14.3 Å². The number of hydrogen-bond donors (Lipinski definition) is 1. The van der Waals surface area contributed by atoms with Gasteiger partial charge in [-0.05, 0) is 24.7 Å². The lowest BCUT2D eigenvalue weighted by Crippen LogP contribution is -2.48. The Balaban J connectivity index is 1.97. The van der Waals surface area contributed by atoms with Crippen LogP contribution in [0.15, 0.2) is 0 Å². The Morgan fingerprint density at radius 3 is 2.33 bits per heavy atom. The zero-order valence-electron chi connectivity index (χ0n) is 8.57. The van der Waals surface area contributed by atoms with E-state index in [1.54, 1.807) is 0 Å². The Labute approximate surface area is 88.0 Å². The monoisotopic (exact) mass is 213 g/mol. The van der Waals surface area contributed by atoms with Crippen molar-refractivity contribution in [1.82, 2.24) is 4.90 Å². The molecule has 1 N–H and O–H groups in total. The van der Waals surface area contributed by atoms with Gasteiger partial charge in [-0.25, -0.2) is 0 Å². The summed E-state index contributed by atoms with van der Waals surface area (Å²) in [5, 5.41) is 8.89. The third-order valence-electron chi connectivity index (χ3n) is 3.15. The van der Waals surface area contributed by atoms with Crippen LogP contribution >= 0.6 is 0 Å². The van der Waals surface area contributed by atoms with Crippen molar-refractivity contribution in [2.24, 2.45) is 5.41 Å². The number of ether oxygens (including phenoxy) is 1. The minimum atomic E-state index is -0.254. The van der Waals surface area contributed by atoms with Gasteiger partial charge in [-0.2, -0.15) is 0 Å². The maximum atomic E-state index is 11.4. The van der Waals surface area contributed by atoms with Gasteiger partial charge < -0.3 is 9.84 Å². The van der Waals surface area contributed by atoms with E-state index >= 15 is 0 Å². The summed E-state index contributed by atoms with van der Waals surface area (Å²) < 4.78 is 4.83. The summed E-state index contributed by atoms with van der Waals surface area (Å²) in [5.74, 6) is -0.508. The molecule has 0 unspecified atom stereocenters. The van der Waals surface area contributed by atoms with Gasteiger partial charge in [0.05, 0.1) is 0 Å². The van der Waals surface area contributed by atoms with Crippen molar-refractivity contribution < 1.29 is 19.4 Å². The van der Waals surface area contributed by atoms with Crippen LogP contribution in [0.3, 0.4) is 0 Å².